The van der Waals surface area contributed by atoms with Gasteiger partial charge in [0.15, 0.2) is 0 Å². The first-order chi connectivity index (χ1) is 7.58. The molecule has 1 rings (SSSR count). The summed E-state index contributed by atoms with van der Waals surface area (Å²) in [4.78, 5) is 0. The maximum absolute atomic E-state index is 6.48. The summed E-state index contributed by atoms with van der Waals surface area (Å²) in [6, 6.07) is 0. The molecule has 0 aromatic rings. The van der Waals surface area contributed by atoms with Crippen molar-refractivity contribution < 1.29 is 6.15 Å². The zero-order valence-corrected chi connectivity index (χ0v) is 15.4. The van der Waals surface area contributed by atoms with Crippen LogP contribution in [0.2, 0.25) is 4.44 Å². The monoisotopic (exact) mass is 351 g/mol. The van der Waals surface area contributed by atoms with Crippen molar-refractivity contribution in [1.82, 2.24) is 3.12 Å². The van der Waals surface area contributed by atoms with E-state index in [1.165, 1.54) is 6.42 Å². The average molecular weight is 350 g/mol. The van der Waals surface area contributed by atoms with Crippen LogP contribution in [-0.2, 0) is 6.15 Å². The molecule has 0 aromatic carbocycles. The molecule has 0 unspecified atom stereocenters. The zero-order chi connectivity index (χ0) is 13.3. The number of rotatable bonds is 3. The fourth-order valence-corrected chi connectivity index (χ4v) is 14.8. The second kappa shape index (κ2) is 5.35. The number of hydrogen-bond acceptors (Lipinski definition) is 3. The minimum atomic E-state index is -3.05. The summed E-state index contributed by atoms with van der Waals surface area (Å²) in [6.45, 7) is 17.3. The van der Waals surface area contributed by atoms with Crippen molar-refractivity contribution in [2.24, 2.45) is 0 Å². The van der Waals surface area contributed by atoms with Crippen molar-refractivity contribution in [1.29, 1.82) is 0 Å². The van der Waals surface area contributed by atoms with Gasteiger partial charge in [0.2, 0.25) is 0 Å². The van der Waals surface area contributed by atoms with Crippen molar-refractivity contribution in [2.75, 3.05) is 13.1 Å². The predicted molar refractivity (Wildman–Crippen MR) is 74.1 cm³/mol. The predicted octanol–water partition coefficient (Wildman–Crippen LogP) is 3.28. The third kappa shape index (κ3) is 4.69. The molecule has 0 aromatic heterocycles. The van der Waals surface area contributed by atoms with Crippen LogP contribution < -0.4 is 0 Å². The van der Waals surface area contributed by atoms with Crippen LogP contribution in [0.5, 0.6) is 0 Å². The quantitative estimate of drug-likeness (QED) is 0.730. The fraction of sp³-hybridized carbons (Fsp3) is 1.00. The Hall–Kier alpha value is 0.679. The molecule has 17 heavy (non-hydrogen) atoms. The summed E-state index contributed by atoms with van der Waals surface area (Å²) in [6.07, 6.45) is 1.23. The summed E-state index contributed by atoms with van der Waals surface area (Å²) >= 11 is -3.05. The van der Waals surface area contributed by atoms with Gasteiger partial charge >= 0.3 is 112 Å². The molecule has 0 radical (unpaired) electrons. The van der Waals surface area contributed by atoms with Gasteiger partial charge in [-0.1, -0.05) is 0 Å². The topological polar surface area (TPSA) is 21.7 Å². The molecule has 0 spiro atoms. The van der Waals surface area contributed by atoms with Crippen LogP contribution >= 0.6 is 0 Å². The normalized spacial score (nSPS) is 22.1. The SMILES string of the molecule is CC[N]1CC[CH2][Sn]1([O]C(C)(C)C)[O]C(C)(C)C. The molecule has 1 saturated heterocycles. The van der Waals surface area contributed by atoms with E-state index in [1.54, 1.807) is 0 Å². The minimum absolute atomic E-state index is 0.0981. The van der Waals surface area contributed by atoms with Gasteiger partial charge in [-0.2, -0.15) is 0 Å². The van der Waals surface area contributed by atoms with Crippen LogP contribution in [0.4, 0.5) is 0 Å². The molecular weight excluding hydrogens is 321 g/mol. The molecule has 0 aliphatic carbocycles. The summed E-state index contributed by atoms with van der Waals surface area (Å²) in [7, 11) is 0. The molecule has 1 fully saturated rings. The summed E-state index contributed by atoms with van der Waals surface area (Å²) in [5, 5.41) is 0. The standard InChI is InChI=1S/C5H11N.2C4H9O.Sn/c1-3-5-6-4-2;2*1-4(2,3)5;/h1,3-5H2,2H3;2*1-3H3;/q3*-1;+3. The van der Waals surface area contributed by atoms with Crippen LogP contribution in [0.3, 0.4) is 0 Å². The van der Waals surface area contributed by atoms with E-state index in [0.29, 0.717) is 0 Å². The van der Waals surface area contributed by atoms with Gasteiger partial charge in [0.25, 0.3) is 0 Å². The van der Waals surface area contributed by atoms with Gasteiger partial charge in [-0.15, -0.1) is 0 Å². The van der Waals surface area contributed by atoms with E-state index in [2.05, 4.69) is 51.6 Å². The van der Waals surface area contributed by atoms with Crippen molar-refractivity contribution in [3.8, 4) is 0 Å². The van der Waals surface area contributed by atoms with Crippen LogP contribution in [0.25, 0.3) is 0 Å². The van der Waals surface area contributed by atoms with Crippen molar-refractivity contribution >= 4 is 19.5 Å². The molecule has 1 heterocycles. The molecule has 1 aliphatic heterocycles. The van der Waals surface area contributed by atoms with E-state index in [9.17, 15) is 0 Å². The van der Waals surface area contributed by atoms with Crippen molar-refractivity contribution in [3.05, 3.63) is 0 Å². The van der Waals surface area contributed by atoms with Gasteiger partial charge in [-0.3, -0.25) is 0 Å². The molecule has 1 aliphatic rings. The first kappa shape index (κ1) is 15.7. The summed E-state index contributed by atoms with van der Waals surface area (Å²) in [5.74, 6) is 0. The molecule has 102 valence electrons. The van der Waals surface area contributed by atoms with E-state index in [4.69, 9.17) is 6.15 Å². The molecular formula is C13H29NO2Sn. The van der Waals surface area contributed by atoms with Gasteiger partial charge in [0.05, 0.1) is 0 Å². The molecule has 0 saturated carbocycles. The molecule has 0 bridgehead atoms. The van der Waals surface area contributed by atoms with E-state index in [1.807, 2.05) is 0 Å². The molecule has 0 N–H and O–H groups in total. The van der Waals surface area contributed by atoms with E-state index >= 15 is 0 Å². The van der Waals surface area contributed by atoms with E-state index in [0.717, 1.165) is 17.5 Å². The molecule has 0 atom stereocenters. The zero-order valence-electron chi connectivity index (χ0n) is 12.6. The van der Waals surface area contributed by atoms with E-state index < -0.39 is 19.5 Å². The Balaban J connectivity index is 2.92. The van der Waals surface area contributed by atoms with Gasteiger partial charge < -0.3 is 0 Å². The first-order valence-electron chi connectivity index (χ1n) is 6.73. The molecule has 4 heteroatoms. The van der Waals surface area contributed by atoms with Crippen molar-refractivity contribution in [3.63, 3.8) is 0 Å². The summed E-state index contributed by atoms with van der Waals surface area (Å²) < 4.78 is 16.6. The number of hydrogen-bond donors (Lipinski definition) is 0. The van der Waals surface area contributed by atoms with Crippen LogP contribution in [0, 0.1) is 0 Å². The van der Waals surface area contributed by atoms with Gasteiger partial charge in [-0.05, 0) is 0 Å². The fourth-order valence-electron chi connectivity index (χ4n) is 2.43. The van der Waals surface area contributed by atoms with Crippen LogP contribution in [0.15, 0.2) is 0 Å². The Morgan fingerprint density at radius 3 is 1.82 bits per heavy atom. The summed E-state index contributed by atoms with van der Waals surface area (Å²) in [5.41, 5.74) is -0.196. The van der Waals surface area contributed by atoms with Crippen molar-refractivity contribution in [2.45, 2.75) is 70.5 Å². The van der Waals surface area contributed by atoms with Gasteiger partial charge in [0, 0.05) is 0 Å². The Morgan fingerprint density at radius 2 is 1.47 bits per heavy atom. The molecule has 0 amide bonds. The second-order valence-corrected chi connectivity index (χ2v) is 15.3. The van der Waals surface area contributed by atoms with Gasteiger partial charge in [-0.25, -0.2) is 0 Å². The Morgan fingerprint density at radius 1 is 1.00 bits per heavy atom. The van der Waals surface area contributed by atoms with Crippen LogP contribution in [-0.4, -0.2) is 46.9 Å². The second-order valence-electron chi connectivity index (χ2n) is 6.82. The first-order valence-corrected chi connectivity index (χ1v) is 12.4. The Kier molecular flexibility index (Phi) is 4.95. The third-order valence-electron chi connectivity index (χ3n) is 2.72. The Labute approximate surface area is 112 Å². The Bertz CT molecular complexity index is 239. The van der Waals surface area contributed by atoms with E-state index in [-0.39, 0.29) is 11.2 Å². The average Bonchev–Trinajstić information content (AvgIpc) is 2.40. The number of nitrogens with zero attached hydrogens (tertiary/aromatic N) is 1. The van der Waals surface area contributed by atoms with Gasteiger partial charge in [0.1, 0.15) is 0 Å². The third-order valence-corrected chi connectivity index (χ3v) is 15.1. The molecule has 3 nitrogen and oxygen atoms in total. The van der Waals surface area contributed by atoms with Crippen LogP contribution in [0.1, 0.15) is 54.9 Å². The maximum atomic E-state index is 6.48.